The normalized spacial score (nSPS) is 22.9. The van der Waals surface area contributed by atoms with Gasteiger partial charge in [-0.2, -0.15) is 0 Å². The summed E-state index contributed by atoms with van der Waals surface area (Å²) in [5.41, 5.74) is 0.835. The summed E-state index contributed by atoms with van der Waals surface area (Å²) in [6.07, 6.45) is 4.38. The van der Waals surface area contributed by atoms with Crippen molar-refractivity contribution in [1.29, 1.82) is 0 Å². The van der Waals surface area contributed by atoms with E-state index in [1.807, 2.05) is 30.3 Å². The summed E-state index contributed by atoms with van der Waals surface area (Å²) in [7, 11) is -3.31. The van der Waals surface area contributed by atoms with Gasteiger partial charge in [0.2, 0.25) is 5.91 Å². The molecule has 1 atom stereocenters. The Kier molecular flexibility index (Phi) is 6.07. The first-order valence-electron chi connectivity index (χ1n) is 8.11. The fraction of sp³-hybridized carbons (Fsp3) is 0.167. The van der Waals surface area contributed by atoms with Gasteiger partial charge < -0.3 is 5.32 Å². The largest absolute Gasteiger partial charge is 0.347 e. The second-order valence-electron chi connectivity index (χ2n) is 6.04. The molecule has 2 heterocycles. The van der Waals surface area contributed by atoms with E-state index < -0.39 is 39.5 Å². The quantitative estimate of drug-likeness (QED) is 0.708. The molecule has 1 fully saturated rings. The molecule has 0 radical (unpaired) electrons. The van der Waals surface area contributed by atoms with Gasteiger partial charge in [-0.25, -0.2) is 8.42 Å². The summed E-state index contributed by atoms with van der Waals surface area (Å²) in [4.78, 5) is 37.5. The SMILES string of the molecule is O=C(CN1C(=O)S/C(=C\C(Cl)=C\c2ccccc2)C1=O)N[C@H]1C=CS(=O)(=O)C1. The summed E-state index contributed by atoms with van der Waals surface area (Å²) in [5.74, 6) is -1.49. The molecule has 3 rings (SSSR count). The number of hydrogen-bond acceptors (Lipinski definition) is 6. The second kappa shape index (κ2) is 8.34. The van der Waals surface area contributed by atoms with Crippen LogP contribution in [0, 0.1) is 0 Å². The Labute approximate surface area is 171 Å². The number of rotatable bonds is 5. The molecule has 0 aliphatic carbocycles. The summed E-state index contributed by atoms with van der Waals surface area (Å²) >= 11 is 6.84. The van der Waals surface area contributed by atoms with Crippen molar-refractivity contribution in [2.24, 2.45) is 0 Å². The Balaban J connectivity index is 1.64. The highest BCUT2D eigenvalue weighted by Crippen LogP contribution is 2.32. The Morgan fingerprint density at radius 3 is 2.64 bits per heavy atom. The van der Waals surface area contributed by atoms with Crippen LogP contribution in [0.3, 0.4) is 0 Å². The van der Waals surface area contributed by atoms with Gasteiger partial charge in [-0.15, -0.1) is 0 Å². The lowest BCUT2D eigenvalue weighted by Gasteiger charge is -2.14. The molecule has 0 saturated carbocycles. The minimum absolute atomic E-state index is 0.110. The Morgan fingerprint density at radius 2 is 2.00 bits per heavy atom. The average Bonchev–Trinajstić information content (AvgIpc) is 3.09. The number of thioether (sulfide) groups is 1. The van der Waals surface area contributed by atoms with E-state index in [4.69, 9.17) is 11.6 Å². The Morgan fingerprint density at radius 1 is 1.29 bits per heavy atom. The number of carbonyl (C=O) groups excluding carboxylic acids is 3. The third-order valence-electron chi connectivity index (χ3n) is 3.82. The van der Waals surface area contributed by atoms with Crippen LogP contribution in [0.4, 0.5) is 4.79 Å². The smallest absolute Gasteiger partial charge is 0.294 e. The van der Waals surface area contributed by atoms with Gasteiger partial charge in [0.1, 0.15) is 6.54 Å². The van der Waals surface area contributed by atoms with Crippen LogP contribution in [0.15, 0.2) is 57.8 Å². The van der Waals surface area contributed by atoms with Crippen molar-refractivity contribution in [3.05, 3.63) is 63.4 Å². The van der Waals surface area contributed by atoms with Crippen molar-refractivity contribution >= 4 is 56.3 Å². The van der Waals surface area contributed by atoms with Gasteiger partial charge in [-0.05, 0) is 35.6 Å². The number of nitrogens with one attached hydrogen (secondary N) is 1. The molecule has 3 amide bonds. The van der Waals surface area contributed by atoms with Crippen LogP contribution in [0.1, 0.15) is 5.56 Å². The predicted octanol–water partition coefficient (Wildman–Crippen LogP) is 2.27. The van der Waals surface area contributed by atoms with E-state index in [-0.39, 0.29) is 15.7 Å². The van der Waals surface area contributed by atoms with Crippen molar-refractivity contribution in [1.82, 2.24) is 10.2 Å². The number of amides is 3. The first-order chi connectivity index (χ1) is 13.2. The van der Waals surface area contributed by atoms with Crippen molar-refractivity contribution in [3.8, 4) is 0 Å². The zero-order valence-corrected chi connectivity index (χ0v) is 16.8. The summed E-state index contributed by atoms with van der Waals surface area (Å²) in [5, 5.41) is 3.18. The highest BCUT2D eigenvalue weighted by atomic mass is 35.5. The fourth-order valence-electron chi connectivity index (χ4n) is 2.57. The molecule has 7 nitrogen and oxygen atoms in total. The van der Waals surface area contributed by atoms with E-state index in [0.717, 1.165) is 15.9 Å². The maximum atomic E-state index is 12.4. The second-order valence-corrected chi connectivity index (χ2v) is 9.40. The number of halogens is 1. The third-order valence-corrected chi connectivity index (χ3v) is 6.35. The summed E-state index contributed by atoms with van der Waals surface area (Å²) in [6, 6.07) is 8.54. The van der Waals surface area contributed by atoms with E-state index in [9.17, 15) is 22.8 Å². The van der Waals surface area contributed by atoms with E-state index in [1.165, 1.54) is 12.2 Å². The Hall–Kier alpha value is -2.36. The van der Waals surface area contributed by atoms with Crippen LogP contribution < -0.4 is 5.32 Å². The molecule has 1 aromatic carbocycles. The van der Waals surface area contributed by atoms with Crippen LogP contribution in [-0.2, 0) is 19.4 Å². The number of nitrogens with zero attached hydrogens (tertiary/aromatic N) is 1. The van der Waals surface area contributed by atoms with Crippen LogP contribution in [0.25, 0.3) is 6.08 Å². The number of carbonyl (C=O) groups is 3. The molecule has 10 heteroatoms. The molecule has 2 aliphatic rings. The van der Waals surface area contributed by atoms with Gasteiger partial charge in [0.05, 0.1) is 16.7 Å². The lowest BCUT2D eigenvalue weighted by atomic mass is 10.2. The predicted molar refractivity (Wildman–Crippen MR) is 108 cm³/mol. The lowest BCUT2D eigenvalue weighted by Crippen LogP contribution is -2.43. The van der Waals surface area contributed by atoms with E-state index >= 15 is 0 Å². The van der Waals surface area contributed by atoms with E-state index in [1.54, 1.807) is 6.08 Å². The van der Waals surface area contributed by atoms with Crippen molar-refractivity contribution in [3.63, 3.8) is 0 Å². The van der Waals surface area contributed by atoms with Crippen LogP contribution >= 0.6 is 23.4 Å². The van der Waals surface area contributed by atoms with E-state index in [0.29, 0.717) is 11.8 Å². The molecule has 0 bridgehead atoms. The number of allylic oxidation sites excluding steroid dienone is 2. The third kappa shape index (κ3) is 5.12. The number of benzene rings is 1. The maximum Gasteiger partial charge on any atom is 0.294 e. The number of imide groups is 1. The van der Waals surface area contributed by atoms with Gasteiger partial charge in [0.25, 0.3) is 11.1 Å². The zero-order chi connectivity index (χ0) is 20.3. The van der Waals surface area contributed by atoms with Crippen molar-refractivity contribution < 1.29 is 22.8 Å². The summed E-state index contributed by atoms with van der Waals surface area (Å²) < 4.78 is 22.7. The number of sulfone groups is 1. The highest BCUT2D eigenvalue weighted by molar-refractivity contribution is 8.18. The molecule has 2 aliphatic heterocycles. The first kappa shape index (κ1) is 20.4. The molecular weight excluding hydrogens is 424 g/mol. The van der Waals surface area contributed by atoms with Gasteiger partial charge in [0, 0.05) is 10.4 Å². The molecule has 0 unspecified atom stereocenters. The molecule has 146 valence electrons. The average molecular weight is 439 g/mol. The van der Waals surface area contributed by atoms with Crippen molar-refractivity contribution in [2.45, 2.75) is 6.04 Å². The lowest BCUT2D eigenvalue weighted by molar-refractivity contribution is -0.129. The topological polar surface area (TPSA) is 101 Å². The van der Waals surface area contributed by atoms with E-state index in [2.05, 4.69) is 5.32 Å². The monoisotopic (exact) mass is 438 g/mol. The molecule has 0 aromatic heterocycles. The first-order valence-corrected chi connectivity index (χ1v) is 11.0. The van der Waals surface area contributed by atoms with Crippen molar-refractivity contribution in [2.75, 3.05) is 12.3 Å². The fourth-order valence-corrected chi connectivity index (χ4v) is 4.94. The molecular formula is C18H15ClN2O5S2. The molecule has 1 aromatic rings. The van der Waals surface area contributed by atoms with Crippen LogP contribution in [0.5, 0.6) is 0 Å². The van der Waals surface area contributed by atoms with Gasteiger partial charge in [-0.1, -0.05) is 41.9 Å². The zero-order valence-electron chi connectivity index (χ0n) is 14.4. The molecule has 1 saturated heterocycles. The number of hydrogen-bond donors (Lipinski definition) is 1. The minimum atomic E-state index is -3.31. The molecule has 1 N–H and O–H groups in total. The van der Waals surface area contributed by atoms with Gasteiger partial charge in [-0.3, -0.25) is 19.3 Å². The summed E-state index contributed by atoms with van der Waals surface area (Å²) in [6.45, 7) is -0.494. The Bertz CT molecular complexity index is 1020. The molecule has 28 heavy (non-hydrogen) atoms. The van der Waals surface area contributed by atoms with Gasteiger partial charge >= 0.3 is 0 Å². The van der Waals surface area contributed by atoms with Crippen LogP contribution in [0.2, 0.25) is 0 Å². The highest BCUT2D eigenvalue weighted by Gasteiger charge is 2.37. The van der Waals surface area contributed by atoms with Gasteiger partial charge in [0.15, 0.2) is 9.84 Å². The standard InChI is InChI=1S/C18H15ClN2O5S2/c19-13(8-12-4-2-1-3-5-12)9-15-17(23)21(18(24)27-15)10-16(22)20-14-6-7-28(25,26)11-14/h1-9,14H,10-11H2,(H,20,22)/b13-8-,15-9-/t14-/m0/s1. The molecule has 0 spiro atoms. The maximum absolute atomic E-state index is 12.4. The van der Waals surface area contributed by atoms with Crippen LogP contribution in [-0.4, -0.2) is 48.7 Å². The minimum Gasteiger partial charge on any atom is -0.347 e.